The SMILES string of the molecule is CCC1(N2Cc3cccc(N)c3C2)CCC1. The van der Waals surface area contributed by atoms with Gasteiger partial charge in [0.15, 0.2) is 0 Å². The van der Waals surface area contributed by atoms with E-state index >= 15 is 0 Å². The van der Waals surface area contributed by atoms with Crippen molar-refractivity contribution in [1.82, 2.24) is 4.90 Å². The third-order valence-electron chi connectivity index (χ3n) is 4.63. The van der Waals surface area contributed by atoms with Crippen LogP contribution in [0.25, 0.3) is 0 Å². The lowest BCUT2D eigenvalue weighted by atomic mass is 9.73. The van der Waals surface area contributed by atoms with Gasteiger partial charge in [-0.15, -0.1) is 0 Å². The molecule has 0 bridgehead atoms. The third kappa shape index (κ3) is 1.29. The molecular formula is C14H20N2. The van der Waals surface area contributed by atoms with Gasteiger partial charge in [-0.3, -0.25) is 4.90 Å². The van der Waals surface area contributed by atoms with E-state index in [2.05, 4.69) is 24.0 Å². The number of fused-ring (bicyclic) bond motifs is 1. The lowest BCUT2D eigenvalue weighted by Crippen LogP contribution is -2.50. The van der Waals surface area contributed by atoms with Crippen molar-refractivity contribution in [3.05, 3.63) is 29.3 Å². The Bertz CT molecular complexity index is 402. The predicted molar refractivity (Wildman–Crippen MR) is 67.0 cm³/mol. The maximum absolute atomic E-state index is 6.05. The molecule has 2 heteroatoms. The lowest BCUT2D eigenvalue weighted by Gasteiger charge is -2.48. The molecule has 1 fully saturated rings. The van der Waals surface area contributed by atoms with Crippen LogP contribution < -0.4 is 5.73 Å². The Morgan fingerprint density at radius 1 is 1.31 bits per heavy atom. The van der Waals surface area contributed by atoms with Gasteiger partial charge in [0.2, 0.25) is 0 Å². The van der Waals surface area contributed by atoms with Gasteiger partial charge in [0.25, 0.3) is 0 Å². The summed E-state index contributed by atoms with van der Waals surface area (Å²) in [5.74, 6) is 0. The average Bonchev–Trinajstić information content (AvgIpc) is 2.62. The van der Waals surface area contributed by atoms with E-state index in [1.807, 2.05) is 6.07 Å². The maximum atomic E-state index is 6.05. The van der Waals surface area contributed by atoms with Crippen LogP contribution >= 0.6 is 0 Å². The summed E-state index contributed by atoms with van der Waals surface area (Å²) in [6, 6.07) is 6.34. The van der Waals surface area contributed by atoms with E-state index in [1.54, 1.807) is 0 Å². The van der Waals surface area contributed by atoms with Gasteiger partial charge in [-0.1, -0.05) is 19.1 Å². The second-order valence-electron chi connectivity index (χ2n) is 5.27. The second-order valence-corrected chi connectivity index (χ2v) is 5.27. The Kier molecular flexibility index (Phi) is 2.21. The Morgan fingerprint density at radius 3 is 2.69 bits per heavy atom. The molecule has 1 aliphatic carbocycles. The van der Waals surface area contributed by atoms with E-state index < -0.39 is 0 Å². The molecule has 0 unspecified atom stereocenters. The van der Waals surface area contributed by atoms with Crippen molar-refractivity contribution in [3.8, 4) is 0 Å². The van der Waals surface area contributed by atoms with Crippen LogP contribution in [0.2, 0.25) is 0 Å². The van der Waals surface area contributed by atoms with Crippen molar-refractivity contribution in [2.45, 2.75) is 51.2 Å². The molecule has 3 rings (SSSR count). The van der Waals surface area contributed by atoms with Gasteiger partial charge < -0.3 is 5.73 Å². The van der Waals surface area contributed by atoms with Crippen molar-refractivity contribution >= 4 is 5.69 Å². The standard InChI is InChI=1S/C14H20N2/c1-2-14(7-4-8-14)16-9-11-5-3-6-13(15)12(11)10-16/h3,5-6H,2,4,7-10,15H2,1H3. The van der Waals surface area contributed by atoms with Gasteiger partial charge in [0.1, 0.15) is 0 Å². The average molecular weight is 216 g/mol. The van der Waals surface area contributed by atoms with Gasteiger partial charge in [0.05, 0.1) is 0 Å². The summed E-state index contributed by atoms with van der Waals surface area (Å²) in [5, 5.41) is 0. The highest BCUT2D eigenvalue weighted by Crippen LogP contribution is 2.45. The molecule has 2 aliphatic rings. The zero-order valence-electron chi connectivity index (χ0n) is 10.00. The third-order valence-corrected chi connectivity index (χ3v) is 4.63. The van der Waals surface area contributed by atoms with Crippen molar-refractivity contribution in [1.29, 1.82) is 0 Å². The zero-order valence-corrected chi connectivity index (χ0v) is 10.00. The van der Waals surface area contributed by atoms with Crippen LogP contribution in [0.4, 0.5) is 5.69 Å². The van der Waals surface area contributed by atoms with Crippen LogP contribution in [-0.4, -0.2) is 10.4 Å². The highest BCUT2D eigenvalue weighted by atomic mass is 15.2. The summed E-state index contributed by atoms with van der Waals surface area (Å²) in [6.07, 6.45) is 5.42. The van der Waals surface area contributed by atoms with Crippen molar-refractivity contribution in [3.63, 3.8) is 0 Å². The van der Waals surface area contributed by atoms with Crippen LogP contribution in [-0.2, 0) is 13.1 Å². The quantitative estimate of drug-likeness (QED) is 0.770. The number of hydrogen-bond donors (Lipinski definition) is 1. The largest absolute Gasteiger partial charge is 0.398 e. The van der Waals surface area contributed by atoms with Gasteiger partial charge in [0, 0.05) is 24.3 Å². The molecule has 0 amide bonds. The minimum absolute atomic E-state index is 0.492. The fourth-order valence-electron chi connectivity index (χ4n) is 3.26. The number of nitrogens with two attached hydrogens (primary N) is 1. The molecule has 0 spiro atoms. The molecule has 1 saturated carbocycles. The first-order valence-corrected chi connectivity index (χ1v) is 6.36. The monoisotopic (exact) mass is 216 g/mol. The smallest absolute Gasteiger partial charge is 0.0363 e. The van der Waals surface area contributed by atoms with E-state index in [4.69, 9.17) is 5.73 Å². The zero-order chi connectivity index (χ0) is 11.2. The minimum Gasteiger partial charge on any atom is -0.398 e. The molecule has 1 heterocycles. The Hall–Kier alpha value is -1.02. The molecule has 1 aliphatic heterocycles. The molecule has 86 valence electrons. The van der Waals surface area contributed by atoms with E-state index in [0.717, 1.165) is 18.8 Å². The maximum Gasteiger partial charge on any atom is 0.0363 e. The summed E-state index contributed by atoms with van der Waals surface area (Å²) < 4.78 is 0. The van der Waals surface area contributed by atoms with Gasteiger partial charge in [-0.05, 0) is 42.9 Å². The Morgan fingerprint density at radius 2 is 2.12 bits per heavy atom. The molecule has 1 aromatic rings. The van der Waals surface area contributed by atoms with Crippen LogP contribution in [0.5, 0.6) is 0 Å². The second kappa shape index (κ2) is 3.49. The van der Waals surface area contributed by atoms with Crippen molar-refractivity contribution in [2.24, 2.45) is 0 Å². The number of rotatable bonds is 2. The van der Waals surface area contributed by atoms with Gasteiger partial charge >= 0.3 is 0 Å². The molecule has 0 atom stereocenters. The molecule has 1 aromatic carbocycles. The number of anilines is 1. The van der Waals surface area contributed by atoms with E-state index in [0.29, 0.717) is 5.54 Å². The Balaban J connectivity index is 1.88. The first kappa shape index (κ1) is 10.2. The molecule has 0 saturated heterocycles. The Labute approximate surface area is 97.4 Å². The van der Waals surface area contributed by atoms with Crippen LogP contribution in [0.3, 0.4) is 0 Å². The molecule has 0 aromatic heterocycles. The van der Waals surface area contributed by atoms with Crippen LogP contribution in [0, 0.1) is 0 Å². The van der Waals surface area contributed by atoms with Gasteiger partial charge in [-0.2, -0.15) is 0 Å². The van der Waals surface area contributed by atoms with E-state index in [-0.39, 0.29) is 0 Å². The molecule has 2 N–H and O–H groups in total. The number of nitrogens with zero attached hydrogens (tertiary/aromatic N) is 1. The number of benzene rings is 1. The van der Waals surface area contributed by atoms with Gasteiger partial charge in [-0.25, -0.2) is 0 Å². The van der Waals surface area contributed by atoms with E-state index in [1.165, 1.54) is 36.8 Å². The topological polar surface area (TPSA) is 29.3 Å². The highest BCUT2D eigenvalue weighted by Gasteiger charge is 2.42. The highest BCUT2D eigenvalue weighted by molar-refractivity contribution is 5.52. The summed E-state index contributed by atoms with van der Waals surface area (Å²) in [5.41, 5.74) is 10.3. The molecule has 16 heavy (non-hydrogen) atoms. The fourth-order valence-corrected chi connectivity index (χ4v) is 3.26. The van der Waals surface area contributed by atoms with Crippen molar-refractivity contribution in [2.75, 3.05) is 5.73 Å². The minimum atomic E-state index is 0.492. The van der Waals surface area contributed by atoms with E-state index in [9.17, 15) is 0 Å². The summed E-state index contributed by atoms with van der Waals surface area (Å²) in [4.78, 5) is 2.65. The summed E-state index contributed by atoms with van der Waals surface area (Å²) in [6.45, 7) is 4.50. The number of nitrogen functional groups attached to an aromatic ring is 1. The fraction of sp³-hybridized carbons (Fsp3) is 0.571. The number of hydrogen-bond acceptors (Lipinski definition) is 2. The molecular weight excluding hydrogens is 196 g/mol. The van der Waals surface area contributed by atoms with Crippen molar-refractivity contribution < 1.29 is 0 Å². The summed E-state index contributed by atoms with van der Waals surface area (Å²) in [7, 11) is 0. The molecule has 2 nitrogen and oxygen atoms in total. The lowest BCUT2D eigenvalue weighted by molar-refractivity contribution is 0.00866. The van der Waals surface area contributed by atoms with Crippen LogP contribution in [0.15, 0.2) is 18.2 Å². The predicted octanol–water partition coefficient (Wildman–Crippen LogP) is 2.92. The first-order valence-electron chi connectivity index (χ1n) is 6.36. The normalized spacial score (nSPS) is 22.8. The van der Waals surface area contributed by atoms with Crippen LogP contribution in [0.1, 0.15) is 43.7 Å². The summed E-state index contributed by atoms with van der Waals surface area (Å²) >= 11 is 0. The molecule has 0 radical (unpaired) electrons. The first-order chi connectivity index (χ1) is 7.75.